The van der Waals surface area contributed by atoms with Gasteiger partial charge in [0.15, 0.2) is 0 Å². The Labute approximate surface area is 144 Å². The second-order valence-corrected chi connectivity index (χ2v) is 6.58. The SMILES string of the molecule is O=C(CCN[C@H]1CC[C@H](c2ccccc2)CC1)Nc1ccccc1. The average molecular weight is 322 g/mol. The van der Waals surface area contributed by atoms with Crippen molar-refractivity contribution >= 4 is 11.6 Å². The Kier molecular flexibility index (Phi) is 6.02. The molecule has 0 saturated heterocycles. The lowest BCUT2D eigenvalue weighted by atomic mass is 9.82. The fraction of sp³-hybridized carbons (Fsp3) is 0.381. The van der Waals surface area contributed by atoms with Gasteiger partial charge in [0.05, 0.1) is 0 Å². The Morgan fingerprint density at radius 1 is 0.875 bits per heavy atom. The molecule has 2 N–H and O–H groups in total. The highest BCUT2D eigenvalue weighted by molar-refractivity contribution is 5.90. The van der Waals surface area contributed by atoms with E-state index in [1.54, 1.807) is 0 Å². The van der Waals surface area contributed by atoms with Crippen LogP contribution in [0.5, 0.6) is 0 Å². The maximum atomic E-state index is 11.9. The number of amides is 1. The molecule has 0 unspecified atom stereocenters. The van der Waals surface area contributed by atoms with Crippen molar-refractivity contribution in [2.24, 2.45) is 0 Å². The molecule has 3 heteroatoms. The van der Waals surface area contributed by atoms with E-state index in [4.69, 9.17) is 0 Å². The second kappa shape index (κ2) is 8.65. The summed E-state index contributed by atoms with van der Waals surface area (Å²) in [7, 11) is 0. The number of carbonyl (C=O) groups excluding carboxylic acids is 1. The molecule has 1 aliphatic rings. The molecule has 0 radical (unpaired) electrons. The molecule has 0 heterocycles. The van der Waals surface area contributed by atoms with Crippen molar-refractivity contribution in [3.05, 3.63) is 66.2 Å². The number of hydrogen-bond acceptors (Lipinski definition) is 2. The molecule has 0 aliphatic heterocycles. The molecule has 1 amide bonds. The van der Waals surface area contributed by atoms with Crippen molar-refractivity contribution in [3.8, 4) is 0 Å². The number of para-hydroxylation sites is 1. The Hall–Kier alpha value is -2.13. The monoisotopic (exact) mass is 322 g/mol. The molecule has 2 aromatic carbocycles. The molecule has 1 aliphatic carbocycles. The van der Waals surface area contributed by atoms with E-state index in [9.17, 15) is 4.79 Å². The van der Waals surface area contributed by atoms with Crippen LogP contribution in [0.25, 0.3) is 0 Å². The lowest BCUT2D eigenvalue weighted by Crippen LogP contribution is -2.34. The third kappa shape index (κ3) is 4.93. The first-order valence-corrected chi connectivity index (χ1v) is 8.94. The van der Waals surface area contributed by atoms with Crippen LogP contribution in [0, 0.1) is 0 Å². The highest BCUT2D eigenvalue weighted by atomic mass is 16.1. The zero-order valence-corrected chi connectivity index (χ0v) is 14.1. The van der Waals surface area contributed by atoms with E-state index in [-0.39, 0.29) is 5.91 Å². The molecule has 2 aromatic rings. The summed E-state index contributed by atoms with van der Waals surface area (Å²) in [5.41, 5.74) is 2.34. The molecule has 126 valence electrons. The summed E-state index contributed by atoms with van der Waals surface area (Å²) >= 11 is 0. The second-order valence-electron chi connectivity index (χ2n) is 6.58. The Bertz CT molecular complexity index is 619. The van der Waals surface area contributed by atoms with Crippen LogP contribution in [0.4, 0.5) is 5.69 Å². The van der Waals surface area contributed by atoms with Crippen LogP contribution in [0.15, 0.2) is 60.7 Å². The molecule has 0 spiro atoms. The summed E-state index contributed by atoms with van der Waals surface area (Å²) in [6, 6.07) is 21.0. The third-order valence-corrected chi connectivity index (χ3v) is 4.84. The van der Waals surface area contributed by atoms with Gasteiger partial charge in [0.2, 0.25) is 5.91 Å². The van der Waals surface area contributed by atoms with Gasteiger partial charge >= 0.3 is 0 Å². The molecular weight excluding hydrogens is 296 g/mol. The summed E-state index contributed by atoms with van der Waals surface area (Å²) in [6.07, 6.45) is 5.38. The predicted octanol–water partition coefficient (Wildman–Crippen LogP) is 4.33. The number of nitrogens with one attached hydrogen (secondary N) is 2. The van der Waals surface area contributed by atoms with Gasteiger partial charge in [-0.15, -0.1) is 0 Å². The number of hydrogen-bond donors (Lipinski definition) is 2. The fourth-order valence-corrected chi connectivity index (χ4v) is 3.49. The number of anilines is 1. The van der Waals surface area contributed by atoms with Gasteiger partial charge in [-0.3, -0.25) is 4.79 Å². The first kappa shape index (κ1) is 16.7. The van der Waals surface area contributed by atoms with Crippen LogP contribution in [0.2, 0.25) is 0 Å². The smallest absolute Gasteiger partial charge is 0.225 e. The fourth-order valence-electron chi connectivity index (χ4n) is 3.49. The zero-order valence-electron chi connectivity index (χ0n) is 14.1. The number of carbonyl (C=O) groups is 1. The van der Waals surface area contributed by atoms with Crippen LogP contribution < -0.4 is 10.6 Å². The number of benzene rings is 2. The summed E-state index contributed by atoms with van der Waals surface area (Å²) in [6.45, 7) is 0.749. The van der Waals surface area contributed by atoms with E-state index in [1.165, 1.54) is 31.2 Å². The summed E-state index contributed by atoms with van der Waals surface area (Å²) in [5, 5.41) is 6.48. The minimum atomic E-state index is 0.0756. The molecule has 0 aromatic heterocycles. The topological polar surface area (TPSA) is 41.1 Å². The van der Waals surface area contributed by atoms with Gasteiger partial charge in [0, 0.05) is 24.7 Å². The van der Waals surface area contributed by atoms with Crippen molar-refractivity contribution in [3.63, 3.8) is 0 Å². The quantitative estimate of drug-likeness (QED) is 0.831. The minimum absolute atomic E-state index is 0.0756. The molecule has 0 bridgehead atoms. The maximum absolute atomic E-state index is 11.9. The average Bonchev–Trinajstić information content (AvgIpc) is 2.64. The van der Waals surface area contributed by atoms with Crippen LogP contribution >= 0.6 is 0 Å². The first-order valence-electron chi connectivity index (χ1n) is 8.94. The first-order chi connectivity index (χ1) is 11.8. The number of rotatable bonds is 6. The molecule has 3 rings (SSSR count). The van der Waals surface area contributed by atoms with Crippen molar-refractivity contribution in [1.29, 1.82) is 0 Å². The lowest BCUT2D eigenvalue weighted by molar-refractivity contribution is -0.116. The largest absolute Gasteiger partial charge is 0.326 e. The van der Waals surface area contributed by atoms with E-state index < -0.39 is 0 Å². The normalized spacial score (nSPS) is 20.5. The molecule has 3 nitrogen and oxygen atoms in total. The van der Waals surface area contributed by atoms with Gasteiger partial charge in [0.25, 0.3) is 0 Å². The Balaban J connectivity index is 1.34. The van der Waals surface area contributed by atoms with Crippen molar-refractivity contribution in [1.82, 2.24) is 5.32 Å². The lowest BCUT2D eigenvalue weighted by Gasteiger charge is -2.29. The standard InChI is InChI=1S/C21H26N2O/c24-21(23-20-9-5-2-6-10-20)15-16-22-19-13-11-18(12-14-19)17-7-3-1-4-8-17/h1-10,18-19,22H,11-16H2,(H,23,24)/t18-,19-. The third-order valence-electron chi connectivity index (χ3n) is 4.84. The van der Waals surface area contributed by atoms with Gasteiger partial charge in [-0.05, 0) is 49.3 Å². The van der Waals surface area contributed by atoms with Crippen LogP contribution in [-0.2, 0) is 4.79 Å². The Morgan fingerprint density at radius 2 is 1.50 bits per heavy atom. The molecule has 24 heavy (non-hydrogen) atoms. The van der Waals surface area contributed by atoms with Crippen molar-refractivity contribution in [2.75, 3.05) is 11.9 Å². The van der Waals surface area contributed by atoms with E-state index >= 15 is 0 Å². The Morgan fingerprint density at radius 3 is 2.17 bits per heavy atom. The van der Waals surface area contributed by atoms with Gasteiger partial charge < -0.3 is 10.6 Å². The van der Waals surface area contributed by atoms with Gasteiger partial charge in [-0.1, -0.05) is 48.5 Å². The summed E-state index contributed by atoms with van der Waals surface area (Å²) < 4.78 is 0. The van der Waals surface area contributed by atoms with Crippen LogP contribution in [-0.4, -0.2) is 18.5 Å². The zero-order chi connectivity index (χ0) is 16.6. The van der Waals surface area contributed by atoms with Crippen LogP contribution in [0.1, 0.15) is 43.6 Å². The van der Waals surface area contributed by atoms with E-state index in [2.05, 4.69) is 41.0 Å². The minimum Gasteiger partial charge on any atom is -0.326 e. The molecule has 1 saturated carbocycles. The van der Waals surface area contributed by atoms with Gasteiger partial charge in [-0.25, -0.2) is 0 Å². The summed E-state index contributed by atoms with van der Waals surface area (Å²) in [4.78, 5) is 11.9. The molecular formula is C21H26N2O. The molecule has 1 fully saturated rings. The maximum Gasteiger partial charge on any atom is 0.225 e. The van der Waals surface area contributed by atoms with Crippen LogP contribution in [0.3, 0.4) is 0 Å². The van der Waals surface area contributed by atoms with Gasteiger partial charge in [0.1, 0.15) is 0 Å². The van der Waals surface area contributed by atoms with Crippen molar-refractivity contribution in [2.45, 2.75) is 44.1 Å². The van der Waals surface area contributed by atoms with Crippen molar-refractivity contribution < 1.29 is 4.79 Å². The summed E-state index contributed by atoms with van der Waals surface area (Å²) in [5.74, 6) is 0.775. The van der Waals surface area contributed by atoms with E-state index in [0.717, 1.165) is 12.2 Å². The predicted molar refractivity (Wildman–Crippen MR) is 99.1 cm³/mol. The van der Waals surface area contributed by atoms with Gasteiger partial charge in [-0.2, -0.15) is 0 Å². The highest BCUT2D eigenvalue weighted by Gasteiger charge is 2.21. The van der Waals surface area contributed by atoms with E-state index in [1.807, 2.05) is 30.3 Å². The highest BCUT2D eigenvalue weighted by Crippen LogP contribution is 2.32. The molecule has 0 atom stereocenters. The van der Waals surface area contributed by atoms with E-state index in [0.29, 0.717) is 18.4 Å².